The number of nitro groups is 1. The zero-order valence-electron chi connectivity index (χ0n) is 11.5. The van der Waals surface area contributed by atoms with Gasteiger partial charge in [0.1, 0.15) is 5.69 Å². The minimum Gasteiger partial charge on any atom is -0.318 e. The molecule has 0 heterocycles. The summed E-state index contributed by atoms with van der Waals surface area (Å²) in [6.07, 6.45) is 0. The molecule has 20 heavy (non-hydrogen) atoms. The summed E-state index contributed by atoms with van der Waals surface area (Å²) in [5, 5.41) is 10.9. The van der Waals surface area contributed by atoms with Gasteiger partial charge in [-0.3, -0.25) is 16.0 Å². The molecule has 0 fully saturated rings. The smallest absolute Gasteiger partial charge is 0.295 e. The van der Waals surface area contributed by atoms with Gasteiger partial charge in [-0.25, -0.2) is 13.1 Å². The van der Waals surface area contributed by atoms with Crippen molar-refractivity contribution in [2.45, 2.75) is 25.7 Å². The Bertz CT molecular complexity index is 613. The van der Waals surface area contributed by atoms with Crippen molar-refractivity contribution in [3.63, 3.8) is 0 Å². The third kappa shape index (κ3) is 3.65. The Balaban J connectivity index is 3.31. The molecule has 1 aromatic rings. The van der Waals surface area contributed by atoms with E-state index in [2.05, 4.69) is 10.1 Å². The van der Waals surface area contributed by atoms with Crippen LogP contribution < -0.4 is 16.0 Å². The van der Waals surface area contributed by atoms with E-state index >= 15 is 0 Å². The highest BCUT2D eigenvalue weighted by molar-refractivity contribution is 7.89. The molecular formula is C11H18N4O4S. The summed E-state index contributed by atoms with van der Waals surface area (Å²) < 4.78 is 26.7. The van der Waals surface area contributed by atoms with Crippen molar-refractivity contribution in [3.05, 3.63) is 27.8 Å². The van der Waals surface area contributed by atoms with Gasteiger partial charge >= 0.3 is 0 Å². The molecule has 4 N–H and O–H groups in total. The van der Waals surface area contributed by atoms with E-state index in [0.717, 1.165) is 6.07 Å². The molecule has 0 bridgehead atoms. The number of nitro benzene ring substituents is 1. The molecular weight excluding hydrogens is 284 g/mol. The van der Waals surface area contributed by atoms with E-state index in [-0.39, 0.29) is 28.7 Å². The predicted molar refractivity (Wildman–Crippen MR) is 75.7 cm³/mol. The van der Waals surface area contributed by atoms with Gasteiger partial charge in [-0.05, 0) is 24.5 Å². The Morgan fingerprint density at radius 1 is 1.40 bits per heavy atom. The summed E-state index contributed by atoms with van der Waals surface area (Å²) in [7, 11) is -3.79. The van der Waals surface area contributed by atoms with Gasteiger partial charge in [0.05, 0.1) is 9.82 Å². The van der Waals surface area contributed by atoms with E-state index in [9.17, 15) is 18.5 Å². The molecule has 0 aliphatic carbocycles. The van der Waals surface area contributed by atoms with Gasteiger partial charge in [0, 0.05) is 12.6 Å². The fourth-order valence-electron chi connectivity index (χ4n) is 1.59. The minimum atomic E-state index is -3.79. The molecule has 9 heteroatoms. The number of nitrogens with one attached hydrogen (secondary N) is 2. The van der Waals surface area contributed by atoms with Crippen molar-refractivity contribution < 1.29 is 13.3 Å². The molecule has 0 saturated carbocycles. The highest BCUT2D eigenvalue weighted by Crippen LogP contribution is 2.29. The number of hydrazine groups is 1. The summed E-state index contributed by atoms with van der Waals surface area (Å²) in [6.45, 7) is 5.53. The van der Waals surface area contributed by atoms with Crippen molar-refractivity contribution in [2.75, 3.05) is 12.0 Å². The summed E-state index contributed by atoms with van der Waals surface area (Å²) in [5.41, 5.74) is 2.24. The third-order valence-electron chi connectivity index (χ3n) is 2.62. The van der Waals surface area contributed by atoms with Crippen LogP contribution in [0.4, 0.5) is 11.4 Å². The van der Waals surface area contributed by atoms with E-state index in [1.807, 2.05) is 13.8 Å². The van der Waals surface area contributed by atoms with Gasteiger partial charge in [-0.2, -0.15) is 0 Å². The summed E-state index contributed by atoms with van der Waals surface area (Å²) >= 11 is 0. The zero-order valence-corrected chi connectivity index (χ0v) is 12.3. The fraction of sp³-hybridized carbons (Fsp3) is 0.455. The third-order valence-corrected chi connectivity index (χ3v) is 4.18. The Morgan fingerprint density at radius 2 is 2.00 bits per heavy atom. The maximum Gasteiger partial charge on any atom is 0.295 e. The number of nitrogens with two attached hydrogens (primary N) is 1. The van der Waals surface area contributed by atoms with Crippen molar-refractivity contribution in [1.29, 1.82) is 0 Å². The van der Waals surface area contributed by atoms with E-state index in [0.29, 0.717) is 5.56 Å². The molecule has 0 aliphatic rings. The quantitative estimate of drug-likeness (QED) is 0.410. The number of sulfonamides is 1. The van der Waals surface area contributed by atoms with Crippen molar-refractivity contribution in [2.24, 2.45) is 11.8 Å². The maximum atomic E-state index is 12.1. The maximum absolute atomic E-state index is 12.1. The SMILES string of the molecule is Cc1cc(NN)c([N+](=O)[O-])cc1S(=O)(=O)NCC(C)C. The lowest BCUT2D eigenvalue weighted by Gasteiger charge is -2.12. The number of nitrogen functional groups attached to an aromatic ring is 1. The van der Waals surface area contributed by atoms with Crippen molar-refractivity contribution in [3.8, 4) is 0 Å². The number of benzene rings is 1. The van der Waals surface area contributed by atoms with Gasteiger partial charge in [0.15, 0.2) is 0 Å². The Hall–Kier alpha value is -1.71. The minimum absolute atomic E-state index is 0.0651. The standard InChI is InChI=1S/C11H18N4O4S/c1-7(2)6-13-20(18,19)11-5-10(15(16)17)9(14-12)4-8(11)3/h4-5,7,13-14H,6,12H2,1-3H3. The molecule has 1 aromatic carbocycles. The first kappa shape index (κ1) is 16.3. The van der Waals surface area contributed by atoms with Crippen LogP contribution in [0.15, 0.2) is 17.0 Å². The summed E-state index contributed by atoms with van der Waals surface area (Å²) in [6, 6.07) is 2.34. The number of aryl methyl sites for hydroxylation is 1. The fourth-order valence-corrected chi connectivity index (χ4v) is 3.05. The summed E-state index contributed by atoms with van der Waals surface area (Å²) in [4.78, 5) is 10.1. The lowest BCUT2D eigenvalue weighted by atomic mass is 10.2. The highest BCUT2D eigenvalue weighted by Gasteiger charge is 2.23. The van der Waals surface area contributed by atoms with Gasteiger partial charge < -0.3 is 5.43 Å². The summed E-state index contributed by atoms with van der Waals surface area (Å²) in [5.74, 6) is 5.33. The van der Waals surface area contributed by atoms with Gasteiger partial charge in [-0.15, -0.1) is 0 Å². The van der Waals surface area contributed by atoms with Crippen LogP contribution in [-0.4, -0.2) is 19.9 Å². The Kier molecular flexibility index (Phi) is 5.03. The molecule has 0 saturated heterocycles. The largest absolute Gasteiger partial charge is 0.318 e. The number of nitrogens with zero attached hydrogens (tertiary/aromatic N) is 1. The Morgan fingerprint density at radius 3 is 2.45 bits per heavy atom. The van der Waals surface area contributed by atoms with E-state index in [4.69, 9.17) is 5.84 Å². The Labute approximate surface area is 117 Å². The van der Waals surface area contributed by atoms with Crippen LogP contribution in [0.1, 0.15) is 19.4 Å². The molecule has 112 valence electrons. The van der Waals surface area contributed by atoms with Crippen LogP contribution in [0, 0.1) is 23.0 Å². The monoisotopic (exact) mass is 302 g/mol. The number of hydrogen-bond acceptors (Lipinski definition) is 6. The lowest BCUT2D eigenvalue weighted by molar-refractivity contribution is -0.384. The van der Waals surface area contributed by atoms with Crippen molar-refractivity contribution in [1.82, 2.24) is 4.72 Å². The van der Waals surface area contributed by atoms with Crippen molar-refractivity contribution >= 4 is 21.4 Å². The molecule has 0 radical (unpaired) electrons. The number of anilines is 1. The van der Waals surface area contributed by atoms with Gasteiger partial charge in [0.2, 0.25) is 10.0 Å². The lowest BCUT2D eigenvalue weighted by Crippen LogP contribution is -2.28. The van der Waals surface area contributed by atoms with Crippen LogP contribution in [0.25, 0.3) is 0 Å². The highest BCUT2D eigenvalue weighted by atomic mass is 32.2. The second-order valence-corrected chi connectivity index (χ2v) is 6.52. The molecule has 0 aliphatic heterocycles. The van der Waals surface area contributed by atoms with Crippen LogP contribution in [-0.2, 0) is 10.0 Å². The van der Waals surface area contributed by atoms with Crippen LogP contribution in [0.3, 0.4) is 0 Å². The first-order valence-corrected chi connectivity index (χ1v) is 7.42. The van der Waals surface area contributed by atoms with Crippen LogP contribution >= 0.6 is 0 Å². The van der Waals surface area contributed by atoms with Crippen LogP contribution in [0.5, 0.6) is 0 Å². The average molecular weight is 302 g/mol. The molecule has 0 aromatic heterocycles. The van der Waals surface area contributed by atoms with Crippen LogP contribution in [0.2, 0.25) is 0 Å². The normalized spacial score (nSPS) is 11.7. The average Bonchev–Trinajstić information content (AvgIpc) is 2.35. The van der Waals surface area contributed by atoms with E-state index < -0.39 is 14.9 Å². The predicted octanol–water partition coefficient (Wildman–Crippen LogP) is 1.12. The first-order valence-electron chi connectivity index (χ1n) is 5.94. The molecule has 0 atom stereocenters. The number of hydrogen-bond donors (Lipinski definition) is 3. The molecule has 0 spiro atoms. The second kappa shape index (κ2) is 6.16. The number of rotatable bonds is 6. The van der Waals surface area contributed by atoms with E-state index in [1.54, 1.807) is 6.92 Å². The topological polar surface area (TPSA) is 127 Å². The first-order chi connectivity index (χ1) is 9.19. The molecule has 1 rings (SSSR count). The van der Waals surface area contributed by atoms with Gasteiger partial charge in [0.25, 0.3) is 5.69 Å². The molecule has 0 unspecified atom stereocenters. The van der Waals surface area contributed by atoms with E-state index in [1.165, 1.54) is 6.07 Å². The zero-order chi connectivity index (χ0) is 15.5. The second-order valence-electron chi connectivity index (χ2n) is 4.78. The molecule has 0 amide bonds. The van der Waals surface area contributed by atoms with Gasteiger partial charge in [-0.1, -0.05) is 13.8 Å². The molecule has 8 nitrogen and oxygen atoms in total.